The summed E-state index contributed by atoms with van der Waals surface area (Å²) in [6.45, 7) is 0. The third kappa shape index (κ3) is 1.64. The van der Waals surface area contributed by atoms with Crippen molar-refractivity contribution in [2.24, 2.45) is 17.8 Å². The molecule has 4 heteroatoms. The van der Waals surface area contributed by atoms with Gasteiger partial charge >= 0.3 is 5.97 Å². The van der Waals surface area contributed by atoms with E-state index in [0.29, 0.717) is 19.3 Å². The van der Waals surface area contributed by atoms with Gasteiger partial charge in [0.25, 0.3) is 0 Å². The Hall–Kier alpha value is -0.610. The molecule has 2 aliphatic carbocycles. The van der Waals surface area contributed by atoms with Crippen molar-refractivity contribution in [1.29, 1.82) is 0 Å². The second kappa shape index (κ2) is 3.51. The van der Waals surface area contributed by atoms with Crippen molar-refractivity contribution < 1.29 is 20.1 Å². The van der Waals surface area contributed by atoms with Crippen LogP contribution < -0.4 is 0 Å². The van der Waals surface area contributed by atoms with E-state index in [1.54, 1.807) is 0 Å². The fraction of sp³-hybridized carbons (Fsp3) is 0.900. The zero-order chi connectivity index (χ0) is 10.3. The number of carbonyl (C=O) groups is 1. The molecule has 0 aromatic carbocycles. The summed E-state index contributed by atoms with van der Waals surface area (Å²) in [6.07, 6.45) is 1.25. The molecule has 0 aromatic heterocycles. The fourth-order valence-corrected chi connectivity index (χ4v) is 2.95. The number of fused-ring (bicyclic) bond motifs is 2. The summed E-state index contributed by atoms with van der Waals surface area (Å²) in [6, 6.07) is 0. The molecule has 0 saturated heterocycles. The first kappa shape index (κ1) is 9.93. The van der Waals surface area contributed by atoms with E-state index in [9.17, 15) is 15.0 Å². The highest BCUT2D eigenvalue weighted by Crippen LogP contribution is 2.42. The van der Waals surface area contributed by atoms with E-state index in [-0.39, 0.29) is 17.8 Å². The first-order valence-corrected chi connectivity index (χ1v) is 5.17. The Morgan fingerprint density at radius 3 is 2.43 bits per heavy atom. The zero-order valence-corrected chi connectivity index (χ0v) is 7.97. The van der Waals surface area contributed by atoms with Gasteiger partial charge in [0, 0.05) is 0 Å². The van der Waals surface area contributed by atoms with Gasteiger partial charge in [-0.1, -0.05) is 0 Å². The lowest BCUT2D eigenvalue weighted by Gasteiger charge is -2.42. The van der Waals surface area contributed by atoms with Crippen LogP contribution in [-0.4, -0.2) is 33.5 Å². The number of carboxylic acids is 1. The Bertz CT molecular complexity index is 238. The molecule has 2 aliphatic rings. The Morgan fingerprint density at radius 1 is 1.07 bits per heavy atom. The smallest absolute Gasteiger partial charge is 0.306 e. The van der Waals surface area contributed by atoms with E-state index in [2.05, 4.69) is 0 Å². The van der Waals surface area contributed by atoms with Gasteiger partial charge in [-0.25, -0.2) is 0 Å². The van der Waals surface area contributed by atoms with Crippen LogP contribution in [0.15, 0.2) is 0 Å². The number of aliphatic hydroxyl groups is 2. The van der Waals surface area contributed by atoms with Crippen molar-refractivity contribution in [3.63, 3.8) is 0 Å². The normalized spacial score (nSPS) is 47.4. The third-order valence-electron chi connectivity index (χ3n) is 3.64. The lowest BCUT2D eigenvalue weighted by atomic mass is 9.66. The first-order valence-electron chi connectivity index (χ1n) is 5.17. The van der Waals surface area contributed by atoms with E-state index >= 15 is 0 Å². The minimum atomic E-state index is -0.761. The summed E-state index contributed by atoms with van der Waals surface area (Å²) >= 11 is 0. The van der Waals surface area contributed by atoms with Gasteiger partial charge < -0.3 is 15.3 Å². The van der Waals surface area contributed by atoms with Crippen LogP contribution in [-0.2, 0) is 4.79 Å². The molecule has 5 atom stereocenters. The third-order valence-corrected chi connectivity index (χ3v) is 3.64. The van der Waals surface area contributed by atoms with Crippen LogP contribution in [0.2, 0.25) is 0 Å². The van der Waals surface area contributed by atoms with E-state index in [4.69, 9.17) is 5.11 Å². The number of carboxylic acid groups (broad SMARTS) is 1. The van der Waals surface area contributed by atoms with Gasteiger partial charge in [0.05, 0.1) is 18.1 Å². The highest BCUT2D eigenvalue weighted by Gasteiger charge is 2.43. The van der Waals surface area contributed by atoms with Gasteiger partial charge in [0.2, 0.25) is 0 Å². The van der Waals surface area contributed by atoms with Crippen LogP contribution in [0.4, 0.5) is 0 Å². The maximum Gasteiger partial charge on any atom is 0.306 e. The fourth-order valence-electron chi connectivity index (χ4n) is 2.95. The first-order chi connectivity index (χ1) is 6.58. The number of hydrogen-bond acceptors (Lipinski definition) is 3. The lowest BCUT2D eigenvalue weighted by molar-refractivity contribution is -0.149. The molecule has 0 unspecified atom stereocenters. The second-order valence-corrected chi connectivity index (χ2v) is 4.66. The molecule has 0 aliphatic heterocycles. The largest absolute Gasteiger partial charge is 0.481 e. The number of aliphatic hydroxyl groups excluding tert-OH is 2. The summed E-state index contributed by atoms with van der Waals surface area (Å²) in [7, 11) is 0. The van der Waals surface area contributed by atoms with Crippen LogP contribution in [0.25, 0.3) is 0 Å². The van der Waals surface area contributed by atoms with Crippen LogP contribution in [0.5, 0.6) is 0 Å². The van der Waals surface area contributed by atoms with Gasteiger partial charge in [-0.2, -0.15) is 0 Å². The van der Waals surface area contributed by atoms with Crippen molar-refractivity contribution >= 4 is 5.97 Å². The lowest BCUT2D eigenvalue weighted by Crippen LogP contribution is -2.46. The van der Waals surface area contributed by atoms with E-state index in [1.165, 1.54) is 0 Å². The van der Waals surface area contributed by atoms with Crippen LogP contribution in [0, 0.1) is 17.8 Å². The Kier molecular flexibility index (Phi) is 2.49. The van der Waals surface area contributed by atoms with Gasteiger partial charge in [-0.15, -0.1) is 0 Å². The quantitative estimate of drug-likeness (QED) is 0.566. The standard InChI is InChI=1S/C10H16O4/c11-8-3-5-1-6(9(8)12)4-7(2-5)10(13)14/h5-9,11-12H,1-4H2,(H,13,14)/t5-,6+,7+,8-,9+/m1/s1. The number of rotatable bonds is 1. The molecule has 0 spiro atoms. The Labute approximate surface area is 82.6 Å². The molecular weight excluding hydrogens is 184 g/mol. The molecule has 4 nitrogen and oxygen atoms in total. The summed E-state index contributed by atoms with van der Waals surface area (Å²) in [5, 5.41) is 28.1. The van der Waals surface area contributed by atoms with Crippen LogP contribution in [0.3, 0.4) is 0 Å². The molecule has 2 fully saturated rings. The molecule has 0 aromatic rings. The van der Waals surface area contributed by atoms with Gasteiger partial charge in [0.15, 0.2) is 0 Å². The topological polar surface area (TPSA) is 77.8 Å². The molecule has 0 radical (unpaired) electrons. The molecule has 3 N–H and O–H groups in total. The van der Waals surface area contributed by atoms with E-state index < -0.39 is 18.2 Å². The van der Waals surface area contributed by atoms with Gasteiger partial charge in [-0.05, 0) is 37.5 Å². The van der Waals surface area contributed by atoms with E-state index in [0.717, 1.165) is 6.42 Å². The summed E-state index contributed by atoms with van der Waals surface area (Å²) < 4.78 is 0. The average molecular weight is 200 g/mol. The number of hydrogen-bond donors (Lipinski definition) is 3. The van der Waals surface area contributed by atoms with Crippen molar-refractivity contribution in [3.05, 3.63) is 0 Å². The monoisotopic (exact) mass is 200 g/mol. The van der Waals surface area contributed by atoms with Crippen molar-refractivity contribution in [1.82, 2.24) is 0 Å². The molecule has 2 saturated carbocycles. The predicted molar refractivity (Wildman–Crippen MR) is 48.6 cm³/mol. The molecular formula is C10H16O4. The predicted octanol–water partition coefficient (Wildman–Crippen LogP) is 0.229. The molecule has 14 heavy (non-hydrogen) atoms. The SMILES string of the molecule is O=C(O)[C@H]1C[C@H]2C[C@@H](C1)[C@H](O)[C@H](O)C2. The molecule has 80 valence electrons. The Morgan fingerprint density at radius 2 is 1.79 bits per heavy atom. The van der Waals surface area contributed by atoms with Crippen molar-refractivity contribution in [3.8, 4) is 0 Å². The molecule has 2 rings (SSSR count). The minimum Gasteiger partial charge on any atom is -0.481 e. The highest BCUT2D eigenvalue weighted by atomic mass is 16.4. The summed E-state index contributed by atoms with van der Waals surface area (Å²) in [5.74, 6) is -0.809. The second-order valence-electron chi connectivity index (χ2n) is 4.66. The van der Waals surface area contributed by atoms with Gasteiger partial charge in [-0.3, -0.25) is 4.79 Å². The van der Waals surface area contributed by atoms with E-state index in [1.807, 2.05) is 0 Å². The molecule has 0 amide bonds. The van der Waals surface area contributed by atoms with Crippen molar-refractivity contribution in [2.45, 2.75) is 37.9 Å². The molecule has 0 heterocycles. The Balaban J connectivity index is 2.08. The minimum absolute atomic E-state index is 0.0152. The summed E-state index contributed by atoms with van der Waals surface area (Å²) in [5.41, 5.74) is 0. The number of aliphatic carboxylic acids is 1. The van der Waals surface area contributed by atoms with Gasteiger partial charge in [0.1, 0.15) is 0 Å². The molecule has 2 bridgehead atoms. The average Bonchev–Trinajstić information content (AvgIpc) is 2.14. The van der Waals surface area contributed by atoms with Crippen molar-refractivity contribution in [2.75, 3.05) is 0 Å². The maximum atomic E-state index is 10.8. The van der Waals surface area contributed by atoms with Crippen LogP contribution in [0.1, 0.15) is 25.7 Å². The zero-order valence-electron chi connectivity index (χ0n) is 7.97. The van der Waals surface area contributed by atoms with Crippen LogP contribution >= 0.6 is 0 Å². The maximum absolute atomic E-state index is 10.8. The highest BCUT2D eigenvalue weighted by molar-refractivity contribution is 5.70. The summed E-state index contributed by atoms with van der Waals surface area (Å²) in [4.78, 5) is 10.8.